The zero-order chi connectivity index (χ0) is 6.69. The first-order valence-electron chi connectivity index (χ1n) is 3.26. The van der Waals surface area contributed by atoms with Crippen molar-refractivity contribution in [3.05, 3.63) is 35.9 Å². The number of hydrogen-bond donors (Lipinski definition) is 0. The van der Waals surface area contributed by atoms with Crippen molar-refractivity contribution in [3.63, 3.8) is 0 Å². The number of hydrogen-bond acceptors (Lipinski definition) is 0. The van der Waals surface area contributed by atoms with Gasteiger partial charge in [-0.3, -0.25) is 0 Å². The van der Waals surface area contributed by atoms with Crippen LogP contribution in [0, 0.1) is 6.07 Å². The van der Waals surface area contributed by atoms with Gasteiger partial charge in [-0.1, -0.05) is 38.1 Å². The van der Waals surface area contributed by atoms with Crippen LogP contribution in [-0.2, 0) is 0 Å². The van der Waals surface area contributed by atoms with Gasteiger partial charge in [-0.15, -0.1) is 0 Å². The van der Waals surface area contributed by atoms with Crippen LogP contribution in [-0.4, -0.2) is 0 Å². The van der Waals surface area contributed by atoms with Gasteiger partial charge < -0.3 is 9.90 Å². The third-order valence-electron chi connectivity index (χ3n) is 1.41. The van der Waals surface area contributed by atoms with Gasteiger partial charge in [0, 0.05) is 0 Å². The minimum atomic E-state index is 0. The van der Waals surface area contributed by atoms with Gasteiger partial charge >= 0.3 is 29.6 Å². The first-order valence-corrected chi connectivity index (χ1v) is 3.26. The molecule has 0 fully saturated rings. The molecule has 2 heteroatoms. The Hall–Kier alpha value is 0.650. The van der Waals surface area contributed by atoms with Crippen molar-refractivity contribution in [2.45, 2.75) is 19.8 Å². The molecule has 0 spiro atoms. The fraction of sp³-hybridized carbons (Fsp3) is 0.333. The fourth-order valence-electron chi connectivity index (χ4n) is 0.785. The van der Waals surface area contributed by atoms with E-state index in [9.17, 15) is 0 Å². The molecule has 0 N–H and O–H groups in total. The molecule has 1 aromatic carbocycles. The summed E-state index contributed by atoms with van der Waals surface area (Å²) >= 11 is 0. The Morgan fingerprint density at radius 1 is 1.18 bits per heavy atom. The van der Waals surface area contributed by atoms with E-state index in [-0.39, 0.29) is 39.5 Å². The summed E-state index contributed by atoms with van der Waals surface area (Å²) in [6.07, 6.45) is 0. The predicted molar refractivity (Wildman–Crippen MR) is 49.1 cm³/mol. The van der Waals surface area contributed by atoms with Crippen molar-refractivity contribution < 1.29 is 29.6 Å². The van der Waals surface area contributed by atoms with E-state index >= 15 is 0 Å². The van der Waals surface area contributed by atoms with Crippen LogP contribution in [0.1, 0.15) is 25.3 Å². The van der Waals surface area contributed by atoms with E-state index in [1.165, 1.54) is 5.56 Å². The van der Waals surface area contributed by atoms with Crippen LogP contribution < -0.4 is 29.6 Å². The molecule has 0 saturated heterocycles. The molecule has 0 heterocycles. The van der Waals surface area contributed by atoms with Crippen molar-refractivity contribution in [1.29, 1.82) is 0 Å². The van der Waals surface area contributed by atoms with Crippen molar-refractivity contribution >= 4 is 9.90 Å². The predicted octanol–water partition coefficient (Wildman–Crippen LogP) is -0.0600. The summed E-state index contributed by atoms with van der Waals surface area (Å²) in [6, 6.07) is 11.1. The molecule has 1 radical (unpaired) electrons. The second-order valence-corrected chi connectivity index (χ2v) is 2.49. The van der Waals surface area contributed by atoms with Gasteiger partial charge in [0.25, 0.3) is 0 Å². The number of rotatable bonds is 1. The monoisotopic (exact) mass is 175 g/mol. The quantitative estimate of drug-likeness (QED) is 0.414. The Morgan fingerprint density at radius 2 is 1.64 bits per heavy atom. The van der Waals surface area contributed by atoms with Gasteiger partial charge in [-0.25, -0.2) is 0 Å². The number of benzene rings is 1. The molecular weight excluding hydrogens is 162 g/mol. The second kappa shape index (κ2) is 7.31. The smallest absolute Gasteiger partial charge is 0.577 e. The molecule has 0 saturated carbocycles. The molecule has 55 valence electrons. The summed E-state index contributed by atoms with van der Waals surface area (Å²) in [4.78, 5) is 0. The summed E-state index contributed by atoms with van der Waals surface area (Å²) in [6.45, 7) is 4.38. The minimum absolute atomic E-state index is 0. The molecule has 0 aliphatic heterocycles. The summed E-state index contributed by atoms with van der Waals surface area (Å²) in [5.41, 5.74) is 1.38. The van der Waals surface area contributed by atoms with Gasteiger partial charge in [0.05, 0.1) is 0 Å². The summed E-state index contributed by atoms with van der Waals surface area (Å²) in [7, 11) is 0. The first-order chi connectivity index (χ1) is 4.30. The molecule has 11 heavy (non-hydrogen) atoms. The Labute approximate surface area is 94.7 Å². The molecule has 0 amide bonds. The SMILES string of the molecule is CC(C)c1cc[c]cc1.[Na+].[PH2-]. The van der Waals surface area contributed by atoms with E-state index < -0.39 is 0 Å². The van der Waals surface area contributed by atoms with Gasteiger partial charge in [0.15, 0.2) is 0 Å². The standard InChI is InChI=1S/C9H11.Na.H2P/c1-8(2)9-6-4-3-5-7-9;;/h4-8H,1-2H3;;1H2/q;+1;-1. The maximum Gasteiger partial charge on any atom is 1.00 e. The molecule has 0 nitrogen and oxygen atoms in total. The maximum atomic E-state index is 2.99. The Balaban J connectivity index is 0. The third kappa shape index (κ3) is 4.98. The molecule has 0 aliphatic carbocycles. The molecule has 0 bridgehead atoms. The third-order valence-corrected chi connectivity index (χ3v) is 1.41. The van der Waals surface area contributed by atoms with Crippen LogP contribution >= 0.6 is 9.90 Å². The first kappa shape index (κ1) is 14.2. The van der Waals surface area contributed by atoms with Gasteiger partial charge in [-0.2, -0.15) is 0 Å². The molecule has 1 rings (SSSR count). The topological polar surface area (TPSA) is 0 Å². The Kier molecular flexibility index (Phi) is 9.43. The van der Waals surface area contributed by atoms with Crippen molar-refractivity contribution in [2.24, 2.45) is 0 Å². The molecule has 1 aromatic rings. The van der Waals surface area contributed by atoms with Crippen molar-refractivity contribution in [2.75, 3.05) is 0 Å². The molecule has 0 aliphatic rings. The van der Waals surface area contributed by atoms with Crippen LogP contribution in [0.3, 0.4) is 0 Å². The van der Waals surface area contributed by atoms with E-state index in [4.69, 9.17) is 0 Å². The van der Waals surface area contributed by atoms with Crippen molar-refractivity contribution in [3.8, 4) is 0 Å². The summed E-state index contributed by atoms with van der Waals surface area (Å²) in [5.74, 6) is 0.639. The van der Waals surface area contributed by atoms with Crippen LogP contribution in [0.15, 0.2) is 24.3 Å². The second-order valence-electron chi connectivity index (χ2n) is 2.49. The average Bonchev–Trinajstić information content (AvgIpc) is 1.90. The van der Waals surface area contributed by atoms with Gasteiger partial charge in [0.2, 0.25) is 0 Å². The molecule has 0 atom stereocenters. The normalized spacial score (nSPS) is 8.27. The Morgan fingerprint density at radius 3 is 1.91 bits per heavy atom. The molecule has 0 unspecified atom stereocenters. The molecular formula is C9H13NaP. The maximum absolute atomic E-state index is 2.99. The van der Waals surface area contributed by atoms with E-state index in [1.54, 1.807) is 0 Å². The largest absolute Gasteiger partial charge is 1.00 e. The van der Waals surface area contributed by atoms with Crippen LogP contribution in [0.2, 0.25) is 0 Å². The van der Waals surface area contributed by atoms with Crippen molar-refractivity contribution in [1.82, 2.24) is 0 Å². The zero-order valence-corrected chi connectivity index (χ0v) is 10.6. The molecule has 0 aromatic heterocycles. The Bertz CT molecular complexity index is 172. The van der Waals surface area contributed by atoms with E-state index in [1.807, 2.05) is 12.1 Å². The minimum Gasteiger partial charge on any atom is -0.577 e. The average molecular weight is 175 g/mol. The van der Waals surface area contributed by atoms with Crippen LogP contribution in [0.25, 0.3) is 0 Å². The van der Waals surface area contributed by atoms with Crippen LogP contribution in [0.4, 0.5) is 0 Å². The van der Waals surface area contributed by atoms with Gasteiger partial charge in [0.1, 0.15) is 0 Å². The summed E-state index contributed by atoms with van der Waals surface area (Å²) in [5, 5.41) is 0. The van der Waals surface area contributed by atoms with E-state index in [2.05, 4.69) is 32.0 Å². The van der Waals surface area contributed by atoms with Gasteiger partial charge in [-0.05, 0) is 17.5 Å². The summed E-state index contributed by atoms with van der Waals surface area (Å²) < 4.78 is 0. The van der Waals surface area contributed by atoms with Crippen LogP contribution in [0.5, 0.6) is 0 Å². The van der Waals surface area contributed by atoms with E-state index in [0.717, 1.165) is 0 Å². The fourth-order valence-corrected chi connectivity index (χ4v) is 0.785. The zero-order valence-electron chi connectivity index (χ0n) is 7.46. The van der Waals surface area contributed by atoms with E-state index in [0.29, 0.717) is 5.92 Å².